The molecule has 6 nitrogen and oxygen atoms in total. The number of rotatable bonds is 7. The quantitative estimate of drug-likeness (QED) is 0.709. The van der Waals surface area contributed by atoms with Crippen LogP contribution in [-0.4, -0.2) is 43.5 Å². The number of carbonyl (C=O) groups excluding carboxylic acids is 2. The number of hydrogen-bond donors (Lipinski definition) is 0. The normalized spacial score (nSPS) is 12.9. The average Bonchev–Trinajstić information content (AvgIpc) is 2.71. The van der Waals surface area contributed by atoms with Gasteiger partial charge in [-0.3, -0.25) is 9.59 Å². The van der Waals surface area contributed by atoms with Gasteiger partial charge in [-0.15, -0.1) is 0 Å². The minimum absolute atomic E-state index is 0.0412. The van der Waals surface area contributed by atoms with E-state index in [-0.39, 0.29) is 37.0 Å². The predicted octanol–water partition coefficient (Wildman–Crippen LogP) is 3.45. The molecule has 1 heterocycles. The first-order chi connectivity index (χ1) is 13.9. The number of para-hydroxylation sites is 2. The van der Waals surface area contributed by atoms with Crippen molar-refractivity contribution in [2.45, 2.75) is 26.0 Å². The van der Waals surface area contributed by atoms with Crippen molar-refractivity contribution in [3.8, 4) is 11.5 Å². The monoisotopic (exact) mass is 404 g/mol. The van der Waals surface area contributed by atoms with Crippen molar-refractivity contribution in [3.63, 3.8) is 0 Å². The van der Waals surface area contributed by atoms with Crippen molar-refractivity contribution in [2.24, 2.45) is 0 Å². The number of hydrogen-bond acceptors (Lipinski definition) is 4. The molecule has 0 saturated carbocycles. The molecule has 0 atom stereocenters. The molecule has 2 aromatic carbocycles. The summed E-state index contributed by atoms with van der Waals surface area (Å²) < 4.78 is 34.6. The molecule has 0 aromatic heterocycles. The first-order valence-corrected chi connectivity index (χ1v) is 9.24. The summed E-state index contributed by atoms with van der Waals surface area (Å²) in [6.45, 7) is -1.82. The minimum Gasteiger partial charge on any atom is -0.490 e. The van der Waals surface area contributed by atoms with Crippen molar-refractivity contribution in [2.75, 3.05) is 25.1 Å². The van der Waals surface area contributed by atoms with E-state index in [0.29, 0.717) is 30.2 Å². The molecule has 2 aromatic rings. The van der Waals surface area contributed by atoms with Crippen molar-refractivity contribution < 1.29 is 27.8 Å². The van der Waals surface area contributed by atoms with Gasteiger partial charge >= 0.3 is 6.61 Å². The van der Waals surface area contributed by atoms with Gasteiger partial charge in [-0.2, -0.15) is 8.78 Å². The average molecular weight is 404 g/mol. The molecule has 0 spiro atoms. The summed E-state index contributed by atoms with van der Waals surface area (Å²) in [5.41, 5.74) is 1.37. The molecular weight excluding hydrogens is 382 g/mol. The van der Waals surface area contributed by atoms with Gasteiger partial charge in [0.05, 0.1) is 12.2 Å². The van der Waals surface area contributed by atoms with E-state index in [1.807, 2.05) is 18.2 Å². The van der Waals surface area contributed by atoms with Gasteiger partial charge in [0.1, 0.15) is 18.1 Å². The van der Waals surface area contributed by atoms with E-state index in [4.69, 9.17) is 4.74 Å². The second kappa shape index (κ2) is 9.36. The SMILES string of the molecule is CN(Cc1cccc(OC(F)F)c1)C(=O)CCC(=O)N1CCOc2ccccc21. The smallest absolute Gasteiger partial charge is 0.387 e. The molecule has 29 heavy (non-hydrogen) atoms. The van der Waals surface area contributed by atoms with Crippen LogP contribution in [0.5, 0.6) is 11.5 Å². The van der Waals surface area contributed by atoms with E-state index in [1.165, 1.54) is 17.0 Å². The number of benzene rings is 2. The summed E-state index contributed by atoms with van der Waals surface area (Å²) in [5, 5.41) is 0. The molecule has 3 rings (SSSR count). The highest BCUT2D eigenvalue weighted by Gasteiger charge is 2.24. The lowest BCUT2D eigenvalue weighted by atomic mass is 10.1. The number of nitrogens with zero attached hydrogens (tertiary/aromatic N) is 2. The van der Waals surface area contributed by atoms with Crippen molar-refractivity contribution >= 4 is 17.5 Å². The number of ether oxygens (including phenoxy) is 2. The van der Waals surface area contributed by atoms with E-state index < -0.39 is 6.61 Å². The van der Waals surface area contributed by atoms with E-state index in [9.17, 15) is 18.4 Å². The number of halogens is 2. The summed E-state index contributed by atoms with van der Waals surface area (Å²) in [5.74, 6) is 0.343. The number of carbonyl (C=O) groups is 2. The van der Waals surface area contributed by atoms with Crippen LogP contribution in [0.1, 0.15) is 18.4 Å². The highest BCUT2D eigenvalue weighted by Crippen LogP contribution is 2.31. The van der Waals surface area contributed by atoms with Crippen molar-refractivity contribution in [1.82, 2.24) is 4.90 Å². The minimum atomic E-state index is -2.90. The first kappa shape index (κ1) is 20.6. The third kappa shape index (κ3) is 5.43. The molecule has 0 aliphatic carbocycles. The van der Waals surface area contributed by atoms with E-state index in [1.54, 1.807) is 30.1 Å². The van der Waals surface area contributed by atoms with Gasteiger partial charge in [0.2, 0.25) is 11.8 Å². The Labute approximate surface area is 167 Å². The van der Waals surface area contributed by atoms with Gasteiger partial charge in [0.15, 0.2) is 0 Å². The van der Waals surface area contributed by atoms with Crippen LogP contribution >= 0.6 is 0 Å². The highest BCUT2D eigenvalue weighted by atomic mass is 19.3. The molecule has 1 aliphatic rings. The summed E-state index contributed by atoms with van der Waals surface area (Å²) in [6.07, 6.45) is 0.133. The largest absolute Gasteiger partial charge is 0.490 e. The molecule has 1 aliphatic heterocycles. The van der Waals surface area contributed by atoms with Gasteiger partial charge in [0, 0.05) is 26.4 Å². The second-order valence-corrected chi connectivity index (χ2v) is 6.64. The third-order valence-corrected chi connectivity index (χ3v) is 4.55. The van der Waals surface area contributed by atoms with Gasteiger partial charge in [0.25, 0.3) is 0 Å². The molecular formula is C21H22F2N2O4. The Hall–Kier alpha value is -3.16. The lowest BCUT2D eigenvalue weighted by Crippen LogP contribution is -2.38. The zero-order valence-electron chi connectivity index (χ0n) is 16.0. The molecule has 0 N–H and O–H groups in total. The number of anilines is 1. The van der Waals surface area contributed by atoms with Crippen LogP contribution in [0.15, 0.2) is 48.5 Å². The van der Waals surface area contributed by atoms with Crippen LogP contribution in [0.25, 0.3) is 0 Å². The maximum Gasteiger partial charge on any atom is 0.387 e. The number of fused-ring (bicyclic) bond motifs is 1. The first-order valence-electron chi connectivity index (χ1n) is 9.24. The fourth-order valence-electron chi connectivity index (χ4n) is 3.15. The number of amides is 2. The Balaban J connectivity index is 1.54. The molecule has 0 unspecified atom stereocenters. The van der Waals surface area contributed by atoms with Crippen molar-refractivity contribution in [3.05, 3.63) is 54.1 Å². The Morgan fingerprint density at radius 1 is 1.17 bits per heavy atom. The van der Waals surface area contributed by atoms with Gasteiger partial charge in [-0.1, -0.05) is 24.3 Å². The lowest BCUT2D eigenvalue weighted by Gasteiger charge is -2.29. The van der Waals surface area contributed by atoms with Gasteiger partial charge < -0.3 is 19.3 Å². The van der Waals surface area contributed by atoms with Crippen LogP contribution in [-0.2, 0) is 16.1 Å². The van der Waals surface area contributed by atoms with Crippen LogP contribution in [0.2, 0.25) is 0 Å². The van der Waals surface area contributed by atoms with Gasteiger partial charge in [-0.25, -0.2) is 0 Å². The summed E-state index contributed by atoms with van der Waals surface area (Å²) in [7, 11) is 1.61. The highest BCUT2D eigenvalue weighted by molar-refractivity contribution is 5.97. The van der Waals surface area contributed by atoms with Crippen LogP contribution in [0.3, 0.4) is 0 Å². The Morgan fingerprint density at radius 2 is 1.97 bits per heavy atom. The molecule has 0 radical (unpaired) electrons. The summed E-state index contributed by atoms with van der Waals surface area (Å²) >= 11 is 0. The van der Waals surface area contributed by atoms with Crippen molar-refractivity contribution in [1.29, 1.82) is 0 Å². The standard InChI is InChI=1S/C21H22F2N2O4/c1-24(14-15-5-4-6-16(13-15)29-21(22)23)19(26)9-10-20(27)25-11-12-28-18-8-3-2-7-17(18)25/h2-8,13,21H,9-12,14H2,1H3. The van der Waals surface area contributed by atoms with E-state index in [0.717, 1.165) is 0 Å². The Kier molecular flexibility index (Phi) is 6.64. The topological polar surface area (TPSA) is 59.1 Å². The summed E-state index contributed by atoms with van der Waals surface area (Å²) in [6, 6.07) is 13.5. The molecule has 8 heteroatoms. The lowest BCUT2D eigenvalue weighted by molar-refractivity contribution is -0.132. The predicted molar refractivity (Wildman–Crippen MR) is 103 cm³/mol. The summed E-state index contributed by atoms with van der Waals surface area (Å²) in [4.78, 5) is 28.1. The zero-order valence-corrected chi connectivity index (χ0v) is 16.0. The maximum atomic E-state index is 12.6. The van der Waals surface area contributed by atoms with Crippen LogP contribution in [0, 0.1) is 0 Å². The molecule has 0 fully saturated rings. The Morgan fingerprint density at radius 3 is 2.76 bits per heavy atom. The Bertz CT molecular complexity index is 875. The zero-order chi connectivity index (χ0) is 20.8. The fraction of sp³-hybridized carbons (Fsp3) is 0.333. The molecule has 2 amide bonds. The number of alkyl halides is 2. The molecule has 0 bridgehead atoms. The maximum absolute atomic E-state index is 12.6. The van der Waals surface area contributed by atoms with Crippen LogP contribution in [0.4, 0.5) is 14.5 Å². The van der Waals surface area contributed by atoms with Crippen LogP contribution < -0.4 is 14.4 Å². The molecule has 0 saturated heterocycles. The van der Waals surface area contributed by atoms with Gasteiger partial charge in [-0.05, 0) is 29.8 Å². The van der Waals surface area contributed by atoms with E-state index >= 15 is 0 Å². The second-order valence-electron chi connectivity index (χ2n) is 6.64. The third-order valence-electron chi connectivity index (χ3n) is 4.55. The fourth-order valence-corrected chi connectivity index (χ4v) is 3.15. The van der Waals surface area contributed by atoms with E-state index in [2.05, 4.69) is 4.74 Å². The molecule has 154 valence electrons.